The number of halogens is 1. The highest BCUT2D eigenvalue weighted by Gasteiger charge is 2.06. The van der Waals surface area contributed by atoms with Crippen LogP contribution in [0, 0.1) is 5.82 Å². The first-order valence-electron chi connectivity index (χ1n) is 5.77. The van der Waals surface area contributed by atoms with E-state index in [9.17, 15) is 4.39 Å². The van der Waals surface area contributed by atoms with Gasteiger partial charge in [0.05, 0.1) is 5.69 Å². The molecule has 0 saturated carbocycles. The van der Waals surface area contributed by atoms with Gasteiger partial charge in [0.25, 0.3) is 0 Å². The first-order chi connectivity index (χ1) is 7.54. The van der Waals surface area contributed by atoms with E-state index >= 15 is 0 Å². The Morgan fingerprint density at radius 1 is 1.38 bits per heavy atom. The van der Waals surface area contributed by atoms with Crippen molar-refractivity contribution in [1.29, 1.82) is 0 Å². The summed E-state index contributed by atoms with van der Waals surface area (Å²) in [7, 11) is 1.89. The van der Waals surface area contributed by atoms with Gasteiger partial charge in [-0.05, 0) is 24.6 Å². The predicted molar refractivity (Wildman–Crippen MR) is 67.3 cm³/mol. The third kappa shape index (κ3) is 3.49. The Bertz CT molecular complexity index is 337. The quantitative estimate of drug-likeness (QED) is 0.827. The zero-order valence-electron chi connectivity index (χ0n) is 10.5. The highest BCUT2D eigenvalue weighted by Crippen LogP contribution is 2.19. The van der Waals surface area contributed by atoms with Gasteiger partial charge < -0.3 is 10.2 Å². The SMILES string of the molecule is CCN(C)c1ccc(CNC(C)C)cc1F. The van der Waals surface area contributed by atoms with Gasteiger partial charge in [-0.25, -0.2) is 4.39 Å². The number of rotatable bonds is 5. The number of anilines is 1. The molecule has 0 bridgehead atoms. The van der Waals surface area contributed by atoms with Crippen LogP contribution in [0.4, 0.5) is 10.1 Å². The number of nitrogens with zero attached hydrogens (tertiary/aromatic N) is 1. The summed E-state index contributed by atoms with van der Waals surface area (Å²) in [5.74, 6) is -0.146. The first-order valence-corrected chi connectivity index (χ1v) is 5.77. The van der Waals surface area contributed by atoms with Gasteiger partial charge in [-0.2, -0.15) is 0 Å². The molecular formula is C13H21FN2. The van der Waals surface area contributed by atoms with Gasteiger partial charge in [0.1, 0.15) is 5.82 Å². The van der Waals surface area contributed by atoms with Gasteiger partial charge in [-0.3, -0.25) is 0 Å². The Morgan fingerprint density at radius 3 is 2.56 bits per heavy atom. The predicted octanol–water partition coefficient (Wildman–Crippen LogP) is 2.78. The van der Waals surface area contributed by atoms with Gasteiger partial charge in [-0.1, -0.05) is 19.9 Å². The van der Waals surface area contributed by atoms with Crippen LogP contribution in [-0.4, -0.2) is 19.6 Å². The fourth-order valence-corrected chi connectivity index (χ4v) is 1.46. The molecule has 2 nitrogen and oxygen atoms in total. The summed E-state index contributed by atoms with van der Waals surface area (Å²) in [4.78, 5) is 1.90. The molecule has 90 valence electrons. The molecule has 1 rings (SSSR count). The summed E-state index contributed by atoms with van der Waals surface area (Å²) in [6, 6.07) is 5.84. The second-order valence-electron chi connectivity index (χ2n) is 4.34. The Labute approximate surface area is 97.5 Å². The molecule has 0 unspecified atom stereocenters. The lowest BCUT2D eigenvalue weighted by Crippen LogP contribution is -2.22. The molecule has 0 aliphatic heterocycles. The molecule has 0 spiro atoms. The summed E-state index contributed by atoms with van der Waals surface area (Å²) in [5.41, 5.74) is 1.65. The molecular weight excluding hydrogens is 203 g/mol. The highest BCUT2D eigenvalue weighted by molar-refractivity contribution is 5.48. The molecule has 16 heavy (non-hydrogen) atoms. The average Bonchev–Trinajstić information content (AvgIpc) is 2.25. The maximum atomic E-state index is 13.7. The second kappa shape index (κ2) is 5.85. The highest BCUT2D eigenvalue weighted by atomic mass is 19.1. The van der Waals surface area contributed by atoms with Crippen LogP contribution in [0.5, 0.6) is 0 Å². The van der Waals surface area contributed by atoms with Crippen LogP contribution in [0.2, 0.25) is 0 Å². The number of nitrogens with one attached hydrogen (secondary N) is 1. The number of hydrogen-bond acceptors (Lipinski definition) is 2. The summed E-state index contributed by atoms with van der Waals surface area (Å²) < 4.78 is 13.7. The van der Waals surface area contributed by atoms with E-state index in [1.54, 1.807) is 6.07 Å². The molecule has 0 aliphatic carbocycles. The van der Waals surface area contributed by atoms with Crippen molar-refractivity contribution >= 4 is 5.69 Å². The van der Waals surface area contributed by atoms with Crippen molar-refractivity contribution in [3.63, 3.8) is 0 Å². The molecule has 1 aromatic carbocycles. The molecule has 3 heteroatoms. The Balaban J connectivity index is 2.74. The van der Waals surface area contributed by atoms with Gasteiger partial charge >= 0.3 is 0 Å². The molecule has 1 N–H and O–H groups in total. The van der Waals surface area contributed by atoms with Gasteiger partial charge in [-0.15, -0.1) is 0 Å². The molecule has 0 aromatic heterocycles. The minimum Gasteiger partial charge on any atom is -0.373 e. The normalized spacial score (nSPS) is 10.9. The van der Waals surface area contributed by atoms with Crippen LogP contribution in [0.1, 0.15) is 26.3 Å². The lowest BCUT2D eigenvalue weighted by Gasteiger charge is -2.18. The molecule has 0 amide bonds. The lowest BCUT2D eigenvalue weighted by molar-refractivity contribution is 0.581. The number of benzene rings is 1. The van der Waals surface area contributed by atoms with Crippen molar-refractivity contribution in [3.8, 4) is 0 Å². The van der Waals surface area contributed by atoms with E-state index in [4.69, 9.17) is 0 Å². The second-order valence-corrected chi connectivity index (χ2v) is 4.34. The van der Waals surface area contributed by atoms with E-state index in [-0.39, 0.29) is 5.82 Å². The standard InChI is InChI=1S/C13H21FN2/c1-5-16(4)13-7-6-11(8-12(13)14)9-15-10(2)3/h6-8,10,15H,5,9H2,1-4H3. The molecule has 0 saturated heterocycles. The molecule has 0 fully saturated rings. The minimum absolute atomic E-state index is 0.146. The van der Waals surface area contributed by atoms with Crippen molar-refractivity contribution in [3.05, 3.63) is 29.6 Å². The van der Waals surface area contributed by atoms with Crippen LogP contribution in [0.15, 0.2) is 18.2 Å². The van der Waals surface area contributed by atoms with Crippen LogP contribution in [0.3, 0.4) is 0 Å². The zero-order chi connectivity index (χ0) is 12.1. The van der Waals surface area contributed by atoms with Crippen molar-refractivity contribution in [2.75, 3.05) is 18.5 Å². The molecule has 0 aliphatic rings. The molecule has 0 atom stereocenters. The lowest BCUT2D eigenvalue weighted by atomic mass is 10.1. The van der Waals surface area contributed by atoms with E-state index < -0.39 is 0 Å². The molecule has 1 aromatic rings. The van der Waals surface area contributed by atoms with Crippen LogP contribution >= 0.6 is 0 Å². The van der Waals surface area contributed by atoms with Crippen molar-refractivity contribution in [2.24, 2.45) is 0 Å². The monoisotopic (exact) mass is 224 g/mol. The first kappa shape index (κ1) is 13.0. The Kier molecular flexibility index (Phi) is 4.74. The summed E-state index contributed by atoms with van der Waals surface area (Å²) >= 11 is 0. The minimum atomic E-state index is -0.146. The van der Waals surface area contributed by atoms with Crippen molar-refractivity contribution in [1.82, 2.24) is 5.32 Å². The van der Waals surface area contributed by atoms with E-state index in [2.05, 4.69) is 19.2 Å². The zero-order valence-corrected chi connectivity index (χ0v) is 10.5. The summed E-state index contributed by atoms with van der Waals surface area (Å²) in [5, 5.41) is 3.27. The Morgan fingerprint density at radius 2 is 2.06 bits per heavy atom. The molecule has 0 heterocycles. The average molecular weight is 224 g/mol. The van der Waals surface area contributed by atoms with E-state index in [0.717, 1.165) is 12.1 Å². The van der Waals surface area contributed by atoms with Crippen LogP contribution in [-0.2, 0) is 6.54 Å². The fourth-order valence-electron chi connectivity index (χ4n) is 1.46. The van der Waals surface area contributed by atoms with Crippen LogP contribution in [0.25, 0.3) is 0 Å². The van der Waals surface area contributed by atoms with Gasteiger partial charge in [0, 0.05) is 26.2 Å². The topological polar surface area (TPSA) is 15.3 Å². The molecule has 0 radical (unpaired) electrons. The maximum absolute atomic E-state index is 13.7. The van der Waals surface area contributed by atoms with Crippen molar-refractivity contribution < 1.29 is 4.39 Å². The van der Waals surface area contributed by atoms with Crippen molar-refractivity contribution in [2.45, 2.75) is 33.4 Å². The van der Waals surface area contributed by atoms with E-state index in [1.807, 2.05) is 31.0 Å². The third-order valence-corrected chi connectivity index (χ3v) is 2.61. The van der Waals surface area contributed by atoms with Crippen LogP contribution < -0.4 is 10.2 Å². The third-order valence-electron chi connectivity index (χ3n) is 2.61. The van der Waals surface area contributed by atoms with E-state index in [0.29, 0.717) is 18.3 Å². The largest absolute Gasteiger partial charge is 0.373 e. The number of hydrogen-bond donors (Lipinski definition) is 1. The smallest absolute Gasteiger partial charge is 0.146 e. The summed E-state index contributed by atoms with van der Waals surface area (Å²) in [6.45, 7) is 7.68. The van der Waals surface area contributed by atoms with Gasteiger partial charge in [0.15, 0.2) is 0 Å². The summed E-state index contributed by atoms with van der Waals surface area (Å²) in [6.07, 6.45) is 0. The fraction of sp³-hybridized carbons (Fsp3) is 0.538. The van der Waals surface area contributed by atoms with Gasteiger partial charge in [0.2, 0.25) is 0 Å². The maximum Gasteiger partial charge on any atom is 0.146 e. The Hall–Kier alpha value is -1.09. The van der Waals surface area contributed by atoms with E-state index in [1.165, 1.54) is 0 Å².